The Morgan fingerprint density at radius 1 is 0.927 bits per heavy atom. The van der Waals surface area contributed by atoms with E-state index in [1.807, 2.05) is 60.7 Å². The molecule has 1 aromatic heterocycles. The number of pyridine rings is 1. The van der Waals surface area contributed by atoms with Gasteiger partial charge in [-0.3, -0.25) is 9.59 Å². The molecule has 0 saturated carbocycles. The van der Waals surface area contributed by atoms with Gasteiger partial charge in [0.1, 0.15) is 5.82 Å². The van der Waals surface area contributed by atoms with E-state index in [4.69, 9.17) is 9.90 Å². The van der Waals surface area contributed by atoms with E-state index in [0.717, 1.165) is 40.1 Å². The first-order valence-electron chi connectivity index (χ1n) is 12.8. The van der Waals surface area contributed by atoms with Crippen molar-refractivity contribution in [1.82, 2.24) is 10.3 Å². The highest BCUT2D eigenvalue weighted by molar-refractivity contribution is 5.78. The molecule has 0 spiro atoms. The summed E-state index contributed by atoms with van der Waals surface area (Å²) in [4.78, 5) is 37.3. The number of fused-ring (bicyclic) bond motifs is 1. The minimum atomic E-state index is -5.08. The van der Waals surface area contributed by atoms with Gasteiger partial charge in [-0.2, -0.15) is 13.2 Å². The van der Waals surface area contributed by atoms with Crippen LogP contribution in [0.15, 0.2) is 84.6 Å². The molecule has 0 radical (unpaired) electrons. The van der Waals surface area contributed by atoms with Crippen molar-refractivity contribution in [3.8, 4) is 0 Å². The standard InChI is InChI=1S/C28H29N3O3.C2HF3O2/c32-27(16-20-11-12-23-8-1-2-9-25(23)24(15-20)17-28(33)34)31-19-22-7-5-6-21(14-22)18-30-26-10-3-4-13-29-26;3-2(4,5)1(6)7/h1-11,13-14,24H,12,15-19H2,(H,29,30)(H,31,32)(H,33,34);(H,6,7). The molecule has 1 unspecified atom stereocenters. The van der Waals surface area contributed by atoms with E-state index in [1.165, 1.54) is 0 Å². The van der Waals surface area contributed by atoms with Crippen LogP contribution < -0.4 is 10.6 Å². The predicted molar refractivity (Wildman–Crippen MR) is 146 cm³/mol. The van der Waals surface area contributed by atoms with Crippen molar-refractivity contribution in [2.24, 2.45) is 0 Å². The summed E-state index contributed by atoms with van der Waals surface area (Å²) in [5, 5.41) is 22.8. The average molecular weight is 570 g/mol. The fourth-order valence-electron chi connectivity index (χ4n) is 4.40. The number of rotatable bonds is 9. The average Bonchev–Trinajstić information content (AvgIpc) is 3.10. The molecule has 1 heterocycles. The number of anilines is 1. The SMILES string of the molecule is O=C(O)C(F)(F)F.O=C(O)CC1CC(CC(=O)NCc2cccc(CNc3ccccn3)c2)=CCc2ccccc21. The summed E-state index contributed by atoms with van der Waals surface area (Å²) in [5.74, 6) is -2.92. The molecule has 8 nitrogen and oxygen atoms in total. The molecule has 1 amide bonds. The highest BCUT2D eigenvalue weighted by Gasteiger charge is 2.38. The van der Waals surface area contributed by atoms with Crippen LogP contribution in [0.4, 0.5) is 19.0 Å². The molecule has 0 bridgehead atoms. The van der Waals surface area contributed by atoms with Crippen LogP contribution in [0.1, 0.15) is 47.4 Å². The number of aliphatic carboxylic acids is 2. The zero-order valence-corrected chi connectivity index (χ0v) is 22.0. The topological polar surface area (TPSA) is 129 Å². The zero-order valence-electron chi connectivity index (χ0n) is 22.0. The molecule has 0 saturated heterocycles. The quantitative estimate of drug-likeness (QED) is 0.252. The number of alkyl halides is 3. The van der Waals surface area contributed by atoms with E-state index < -0.39 is 18.1 Å². The molecular weight excluding hydrogens is 539 g/mol. The molecule has 3 aromatic rings. The lowest BCUT2D eigenvalue weighted by molar-refractivity contribution is -0.192. The first-order chi connectivity index (χ1) is 19.5. The molecule has 41 heavy (non-hydrogen) atoms. The van der Waals surface area contributed by atoms with Gasteiger partial charge in [-0.05, 0) is 53.1 Å². The number of carboxylic acids is 2. The van der Waals surface area contributed by atoms with Crippen LogP contribution in [0.25, 0.3) is 0 Å². The van der Waals surface area contributed by atoms with Crippen molar-refractivity contribution >= 4 is 23.7 Å². The van der Waals surface area contributed by atoms with E-state index >= 15 is 0 Å². The Bertz CT molecular complexity index is 1380. The summed E-state index contributed by atoms with van der Waals surface area (Å²) in [6, 6.07) is 21.8. The highest BCUT2D eigenvalue weighted by atomic mass is 19.4. The first-order valence-corrected chi connectivity index (χ1v) is 12.8. The number of halogens is 3. The van der Waals surface area contributed by atoms with Gasteiger partial charge in [-0.25, -0.2) is 9.78 Å². The summed E-state index contributed by atoms with van der Waals surface area (Å²) in [5.41, 5.74) is 5.35. The van der Waals surface area contributed by atoms with Gasteiger partial charge in [0, 0.05) is 25.7 Å². The Labute approximate surface area is 234 Å². The summed E-state index contributed by atoms with van der Waals surface area (Å²) in [6.07, 6.45) is 0.413. The Morgan fingerprint density at radius 3 is 2.27 bits per heavy atom. The monoisotopic (exact) mass is 569 g/mol. The summed E-state index contributed by atoms with van der Waals surface area (Å²) in [7, 11) is 0. The number of nitrogens with one attached hydrogen (secondary N) is 2. The van der Waals surface area contributed by atoms with Crippen LogP contribution in [0.5, 0.6) is 0 Å². The van der Waals surface area contributed by atoms with Gasteiger partial charge < -0.3 is 20.8 Å². The van der Waals surface area contributed by atoms with E-state index in [-0.39, 0.29) is 24.7 Å². The molecule has 4 N–H and O–H groups in total. The second kappa shape index (κ2) is 14.6. The lowest BCUT2D eigenvalue weighted by Gasteiger charge is -2.17. The Morgan fingerprint density at radius 2 is 1.61 bits per heavy atom. The molecule has 4 rings (SSSR count). The van der Waals surface area contributed by atoms with E-state index in [9.17, 15) is 27.9 Å². The van der Waals surface area contributed by atoms with Gasteiger partial charge in [0.05, 0.1) is 6.42 Å². The lowest BCUT2D eigenvalue weighted by atomic mass is 9.88. The van der Waals surface area contributed by atoms with Gasteiger partial charge in [0.25, 0.3) is 0 Å². The Kier molecular flexibility index (Phi) is 11.0. The van der Waals surface area contributed by atoms with Gasteiger partial charge in [0.2, 0.25) is 5.91 Å². The van der Waals surface area contributed by atoms with E-state index in [0.29, 0.717) is 19.5 Å². The summed E-state index contributed by atoms with van der Waals surface area (Å²) >= 11 is 0. The largest absolute Gasteiger partial charge is 0.490 e. The maximum absolute atomic E-state index is 12.7. The van der Waals surface area contributed by atoms with Crippen molar-refractivity contribution < 1.29 is 37.8 Å². The first kappa shape index (κ1) is 30.9. The van der Waals surface area contributed by atoms with Crippen LogP contribution in [-0.4, -0.2) is 39.2 Å². The van der Waals surface area contributed by atoms with Crippen molar-refractivity contribution in [2.75, 3.05) is 5.32 Å². The van der Waals surface area contributed by atoms with Crippen LogP contribution in [0.3, 0.4) is 0 Å². The lowest BCUT2D eigenvalue weighted by Crippen LogP contribution is -2.23. The molecule has 0 fully saturated rings. The second-order valence-electron chi connectivity index (χ2n) is 9.41. The fraction of sp³-hybridized carbons (Fsp3) is 0.267. The molecule has 216 valence electrons. The van der Waals surface area contributed by atoms with Gasteiger partial charge in [-0.15, -0.1) is 0 Å². The number of nitrogens with zero attached hydrogens (tertiary/aromatic N) is 1. The summed E-state index contributed by atoms with van der Waals surface area (Å²) < 4.78 is 31.7. The third-order valence-corrected chi connectivity index (χ3v) is 6.28. The molecule has 11 heteroatoms. The molecule has 2 aromatic carbocycles. The van der Waals surface area contributed by atoms with Crippen LogP contribution >= 0.6 is 0 Å². The summed E-state index contributed by atoms with van der Waals surface area (Å²) in [6.45, 7) is 1.10. The Hall–Kier alpha value is -4.67. The maximum Gasteiger partial charge on any atom is 0.490 e. The minimum absolute atomic E-state index is 0.0525. The van der Waals surface area contributed by atoms with Crippen molar-refractivity contribution in [2.45, 2.75) is 50.9 Å². The number of amides is 1. The number of hydrogen-bond donors (Lipinski definition) is 4. The van der Waals surface area contributed by atoms with E-state index in [1.54, 1.807) is 6.20 Å². The molecule has 0 aliphatic heterocycles. The van der Waals surface area contributed by atoms with Crippen molar-refractivity contribution in [3.05, 3.63) is 107 Å². The molecular formula is C30H30F3N3O5. The second-order valence-corrected chi connectivity index (χ2v) is 9.41. The molecule has 1 aliphatic rings. The number of carbonyl (C=O) groups is 3. The van der Waals surface area contributed by atoms with Crippen LogP contribution in [0.2, 0.25) is 0 Å². The number of aromatic nitrogens is 1. The van der Waals surface area contributed by atoms with Crippen LogP contribution in [-0.2, 0) is 33.9 Å². The van der Waals surface area contributed by atoms with Gasteiger partial charge >= 0.3 is 18.1 Å². The molecule has 1 atom stereocenters. The van der Waals surface area contributed by atoms with E-state index in [2.05, 4.69) is 27.8 Å². The number of hydrogen-bond acceptors (Lipinski definition) is 5. The maximum atomic E-state index is 12.7. The van der Waals surface area contributed by atoms with Crippen LogP contribution in [0, 0.1) is 0 Å². The normalized spacial score (nSPS) is 14.3. The predicted octanol–water partition coefficient (Wildman–Crippen LogP) is 5.46. The van der Waals surface area contributed by atoms with Crippen molar-refractivity contribution in [3.63, 3.8) is 0 Å². The number of carboxylic acid groups (broad SMARTS) is 2. The van der Waals surface area contributed by atoms with Gasteiger partial charge in [-0.1, -0.05) is 66.2 Å². The fourth-order valence-corrected chi connectivity index (χ4v) is 4.40. The van der Waals surface area contributed by atoms with Gasteiger partial charge in [0.15, 0.2) is 0 Å². The molecule has 1 aliphatic carbocycles. The number of benzene rings is 2. The smallest absolute Gasteiger partial charge is 0.481 e. The number of carbonyl (C=O) groups excluding carboxylic acids is 1. The highest BCUT2D eigenvalue weighted by Crippen LogP contribution is 2.34. The third kappa shape index (κ3) is 10.4. The zero-order chi connectivity index (χ0) is 29.8. The Balaban J connectivity index is 0.000000587. The number of allylic oxidation sites excluding steroid dienone is 1. The third-order valence-electron chi connectivity index (χ3n) is 6.28. The minimum Gasteiger partial charge on any atom is -0.481 e. The van der Waals surface area contributed by atoms with Crippen molar-refractivity contribution in [1.29, 1.82) is 0 Å².